The van der Waals surface area contributed by atoms with Crippen molar-refractivity contribution in [2.75, 3.05) is 5.73 Å². The summed E-state index contributed by atoms with van der Waals surface area (Å²) in [6.07, 6.45) is 1.53. The second-order valence-corrected chi connectivity index (χ2v) is 2.75. The van der Waals surface area contributed by atoms with Gasteiger partial charge >= 0.3 is 5.97 Å². The average molecular weight is 205 g/mol. The smallest absolute Gasteiger partial charge is 0.358 e. The molecule has 0 saturated carbocycles. The lowest BCUT2D eigenvalue weighted by atomic mass is 10.2. The summed E-state index contributed by atoms with van der Waals surface area (Å²) in [6.45, 7) is 0. The summed E-state index contributed by atoms with van der Waals surface area (Å²) in [5.74, 6) is -1.13. The summed E-state index contributed by atoms with van der Waals surface area (Å²) < 4.78 is 4.99. The number of aromatic nitrogens is 2. The van der Waals surface area contributed by atoms with E-state index in [0.29, 0.717) is 5.69 Å². The van der Waals surface area contributed by atoms with E-state index in [4.69, 9.17) is 15.3 Å². The van der Waals surface area contributed by atoms with Gasteiger partial charge in [-0.1, -0.05) is 6.07 Å². The van der Waals surface area contributed by atoms with Gasteiger partial charge in [-0.15, -0.1) is 0 Å². The molecule has 0 aliphatic rings. The number of anilines is 1. The lowest BCUT2D eigenvalue weighted by Crippen LogP contribution is -1.99. The number of rotatable bonds is 2. The van der Waals surface area contributed by atoms with Crippen LogP contribution in [-0.4, -0.2) is 21.0 Å². The molecule has 6 nitrogen and oxygen atoms in total. The molecule has 0 unspecified atom stereocenters. The van der Waals surface area contributed by atoms with Crippen LogP contribution in [-0.2, 0) is 0 Å². The van der Waals surface area contributed by atoms with Crippen molar-refractivity contribution in [3.8, 4) is 11.5 Å². The standard InChI is InChI=1S/C9H7N3O3/c10-9-12-6(8(13)14)7(15-9)5-3-1-2-4-11-5/h1-4H,(H2,10,12)(H,13,14). The Morgan fingerprint density at radius 2 is 2.27 bits per heavy atom. The van der Waals surface area contributed by atoms with Crippen molar-refractivity contribution in [1.29, 1.82) is 0 Å². The number of oxazole rings is 1. The van der Waals surface area contributed by atoms with Crippen LogP contribution in [0.15, 0.2) is 28.8 Å². The molecule has 0 aromatic carbocycles. The normalized spacial score (nSPS) is 10.1. The first-order valence-corrected chi connectivity index (χ1v) is 4.09. The van der Waals surface area contributed by atoms with E-state index >= 15 is 0 Å². The topological polar surface area (TPSA) is 102 Å². The molecule has 6 heteroatoms. The van der Waals surface area contributed by atoms with Gasteiger partial charge < -0.3 is 15.3 Å². The molecule has 0 aliphatic heterocycles. The molecule has 0 radical (unpaired) electrons. The van der Waals surface area contributed by atoms with E-state index in [0.717, 1.165) is 0 Å². The first-order chi connectivity index (χ1) is 7.18. The summed E-state index contributed by atoms with van der Waals surface area (Å²) >= 11 is 0. The summed E-state index contributed by atoms with van der Waals surface area (Å²) in [5.41, 5.74) is 5.44. The molecule has 2 aromatic heterocycles. The summed E-state index contributed by atoms with van der Waals surface area (Å²) in [5, 5.41) is 8.83. The minimum atomic E-state index is -1.20. The van der Waals surface area contributed by atoms with Crippen LogP contribution in [0.4, 0.5) is 6.01 Å². The molecule has 0 aliphatic carbocycles. The third kappa shape index (κ3) is 1.64. The number of pyridine rings is 1. The second-order valence-electron chi connectivity index (χ2n) is 2.75. The zero-order valence-corrected chi connectivity index (χ0v) is 7.54. The first kappa shape index (κ1) is 9.20. The van der Waals surface area contributed by atoms with E-state index in [1.54, 1.807) is 18.2 Å². The van der Waals surface area contributed by atoms with Crippen molar-refractivity contribution in [1.82, 2.24) is 9.97 Å². The molecule has 2 rings (SSSR count). The number of carboxylic acid groups (broad SMARTS) is 1. The molecular formula is C9H7N3O3. The first-order valence-electron chi connectivity index (χ1n) is 4.09. The molecule has 0 saturated heterocycles. The van der Waals surface area contributed by atoms with Gasteiger partial charge in [0.15, 0.2) is 11.5 Å². The SMILES string of the molecule is Nc1nc(C(=O)O)c(-c2ccccn2)o1. The fourth-order valence-electron chi connectivity index (χ4n) is 1.15. The maximum Gasteiger partial charge on any atom is 0.358 e. The van der Waals surface area contributed by atoms with Gasteiger partial charge in [0.1, 0.15) is 5.69 Å². The van der Waals surface area contributed by atoms with Gasteiger partial charge in [0.2, 0.25) is 0 Å². The van der Waals surface area contributed by atoms with Crippen molar-refractivity contribution < 1.29 is 14.3 Å². The Balaban J connectivity index is 2.58. The Morgan fingerprint density at radius 1 is 1.47 bits per heavy atom. The lowest BCUT2D eigenvalue weighted by Gasteiger charge is -1.94. The van der Waals surface area contributed by atoms with E-state index in [9.17, 15) is 4.79 Å². The Hall–Kier alpha value is -2.37. The maximum atomic E-state index is 10.8. The van der Waals surface area contributed by atoms with Gasteiger partial charge in [-0.3, -0.25) is 4.98 Å². The van der Waals surface area contributed by atoms with Crippen LogP contribution in [0.5, 0.6) is 0 Å². The largest absolute Gasteiger partial charge is 0.476 e. The van der Waals surface area contributed by atoms with Crippen molar-refractivity contribution in [3.05, 3.63) is 30.1 Å². The maximum absolute atomic E-state index is 10.8. The highest BCUT2D eigenvalue weighted by Gasteiger charge is 2.20. The van der Waals surface area contributed by atoms with Crippen LogP contribution >= 0.6 is 0 Å². The fraction of sp³-hybridized carbons (Fsp3) is 0. The molecule has 0 spiro atoms. The highest BCUT2D eigenvalue weighted by Crippen LogP contribution is 2.23. The Kier molecular flexibility index (Phi) is 2.09. The number of aromatic carboxylic acids is 1. The molecule has 3 N–H and O–H groups in total. The predicted octanol–water partition coefficient (Wildman–Crippen LogP) is 1.02. The zero-order chi connectivity index (χ0) is 10.8. The van der Waals surface area contributed by atoms with Crippen LogP contribution in [0.25, 0.3) is 11.5 Å². The van der Waals surface area contributed by atoms with Crippen molar-refractivity contribution >= 4 is 12.0 Å². The minimum absolute atomic E-state index is 0.0700. The number of carbonyl (C=O) groups is 1. The number of carboxylic acids is 1. The Morgan fingerprint density at radius 3 is 2.87 bits per heavy atom. The molecule has 0 fully saturated rings. The summed E-state index contributed by atoms with van der Waals surface area (Å²) in [4.78, 5) is 18.3. The number of nitrogens with zero attached hydrogens (tertiary/aromatic N) is 2. The van der Waals surface area contributed by atoms with Gasteiger partial charge in [-0.25, -0.2) is 4.79 Å². The summed E-state index contributed by atoms with van der Waals surface area (Å²) in [6, 6.07) is 4.86. The Bertz CT molecular complexity index is 493. The molecule has 0 bridgehead atoms. The van der Waals surface area contributed by atoms with Gasteiger partial charge in [0, 0.05) is 6.20 Å². The summed E-state index contributed by atoms with van der Waals surface area (Å²) in [7, 11) is 0. The van der Waals surface area contributed by atoms with E-state index < -0.39 is 5.97 Å². The molecule has 15 heavy (non-hydrogen) atoms. The van der Waals surface area contributed by atoms with E-state index in [1.165, 1.54) is 6.20 Å². The molecule has 2 heterocycles. The zero-order valence-electron chi connectivity index (χ0n) is 7.54. The number of hydrogen-bond donors (Lipinski definition) is 2. The minimum Gasteiger partial charge on any atom is -0.476 e. The quantitative estimate of drug-likeness (QED) is 0.758. The van der Waals surface area contributed by atoms with Gasteiger partial charge in [0.25, 0.3) is 6.01 Å². The molecule has 0 amide bonds. The lowest BCUT2D eigenvalue weighted by molar-refractivity contribution is 0.0691. The fourth-order valence-corrected chi connectivity index (χ4v) is 1.15. The van der Waals surface area contributed by atoms with Crippen LogP contribution in [0.3, 0.4) is 0 Å². The second kappa shape index (κ2) is 3.41. The molecule has 76 valence electrons. The highest BCUT2D eigenvalue weighted by atomic mass is 16.4. The molecule has 2 aromatic rings. The number of nitrogen functional groups attached to an aromatic ring is 1. The van der Waals surface area contributed by atoms with Crippen LogP contribution in [0.1, 0.15) is 10.5 Å². The van der Waals surface area contributed by atoms with E-state index in [2.05, 4.69) is 9.97 Å². The molecule has 0 atom stereocenters. The van der Waals surface area contributed by atoms with Gasteiger partial charge in [-0.05, 0) is 12.1 Å². The third-order valence-electron chi connectivity index (χ3n) is 1.74. The van der Waals surface area contributed by atoms with Crippen molar-refractivity contribution in [2.24, 2.45) is 0 Å². The molecular weight excluding hydrogens is 198 g/mol. The van der Waals surface area contributed by atoms with Crippen molar-refractivity contribution in [2.45, 2.75) is 0 Å². The number of nitrogens with two attached hydrogens (primary N) is 1. The van der Waals surface area contributed by atoms with Crippen molar-refractivity contribution in [3.63, 3.8) is 0 Å². The highest BCUT2D eigenvalue weighted by molar-refractivity contribution is 5.92. The monoisotopic (exact) mass is 205 g/mol. The van der Waals surface area contributed by atoms with Crippen LogP contribution < -0.4 is 5.73 Å². The third-order valence-corrected chi connectivity index (χ3v) is 1.74. The Labute approximate surface area is 84.4 Å². The average Bonchev–Trinajstić information content (AvgIpc) is 2.62. The van der Waals surface area contributed by atoms with Gasteiger partial charge in [0.05, 0.1) is 0 Å². The number of hydrogen-bond acceptors (Lipinski definition) is 5. The van der Waals surface area contributed by atoms with E-state index in [1.807, 2.05) is 0 Å². The predicted molar refractivity (Wildman–Crippen MR) is 51.1 cm³/mol. The van der Waals surface area contributed by atoms with Crippen LogP contribution in [0, 0.1) is 0 Å². The van der Waals surface area contributed by atoms with E-state index in [-0.39, 0.29) is 17.5 Å². The van der Waals surface area contributed by atoms with Crippen LogP contribution in [0.2, 0.25) is 0 Å². The van der Waals surface area contributed by atoms with Gasteiger partial charge in [-0.2, -0.15) is 4.98 Å².